The molecule has 3 aromatic rings. The summed E-state index contributed by atoms with van der Waals surface area (Å²) in [6, 6.07) is 13.9. The molecule has 0 aliphatic carbocycles. The molecular formula is C22H19Cl2N3O3. The molecule has 1 amide bonds. The minimum Gasteiger partial charge on any atom is -0.458 e. The first-order chi connectivity index (χ1) is 14.3. The Morgan fingerprint density at radius 2 is 1.70 bits per heavy atom. The number of halogens is 2. The number of primary amides is 1. The van der Waals surface area contributed by atoms with Crippen molar-refractivity contribution in [1.82, 2.24) is 9.78 Å². The number of aryl methyl sites for hydroxylation is 1. The molecule has 6 nitrogen and oxygen atoms in total. The van der Waals surface area contributed by atoms with Gasteiger partial charge in [0.25, 0.3) is 0 Å². The average molecular weight is 444 g/mol. The van der Waals surface area contributed by atoms with Gasteiger partial charge < -0.3 is 10.5 Å². The Kier molecular flexibility index (Phi) is 6.92. The number of rotatable bonds is 7. The maximum atomic E-state index is 12.1. The highest BCUT2D eigenvalue weighted by atomic mass is 35.5. The highest BCUT2D eigenvalue weighted by molar-refractivity contribution is 6.31. The van der Waals surface area contributed by atoms with Crippen molar-refractivity contribution >= 4 is 41.2 Å². The summed E-state index contributed by atoms with van der Waals surface area (Å²) in [5, 5.41) is 5.52. The molecule has 2 aromatic carbocycles. The van der Waals surface area contributed by atoms with Crippen molar-refractivity contribution < 1.29 is 14.3 Å². The molecule has 1 aromatic heterocycles. The van der Waals surface area contributed by atoms with Crippen molar-refractivity contribution in [2.45, 2.75) is 20.1 Å². The monoisotopic (exact) mass is 443 g/mol. The van der Waals surface area contributed by atoms with Crippen LogP contribution in [-0.4, -0.2) is 21.7 Å². The number of carbonyl (C=O) groups excluding carboxylic acids is 2. The molecule has 0 saturated heterocycles. The molecule has 0 spiro atoms. The smallest absolute Gasteiger partial charge is 0.331 e. The number of esters is 1. The van der Waals surface area contributed by atoms with Gasteiger partial charge in [-0.15, -0.1) is 0 Å². The number of carbonyl (C=O) groups is 2. The fourth-order valence-electron chi connectivity index (χ4n) is 2.74. The van der Waals surface area contributed by atoms with Gasteiger partial charge in [0, 0.05) is 22.2 Å². The molecule has 0 radical (unpaired) electrons. The van der Waals surface area contributed by atoms with Crippen LogP contribution < -0.4 is 5.73 Å². The van der Waals surface area contributed by atoms with Gasteiger partial charge in [0.2, 0.25) is 5.91 Å². The molecule has 2 N–H and O–H groups in total. The molecule has 1 heterocycles. The van der Waals surface area contributed by atoms with Crippen LogP contribution in [0.1, 0.15) is 32.7 Å². The van der Waals surface area contributed by atoms with Gasteiger partial charge in [-0.2, -0.15) is 5.10 Å². The maximum absolute atomic E-state index is 12.1. The number of aromatic nitrogens is 2. The van der Waals surface area contributed by atoms with E-state index in [1.807, 2.05) is 19.1 Å². The van der Waals surface area contributed by atoms with Crippen LogP contribution in [0.2, 0.25) is 10.2 Å². The van der Waals surface area contributed by atoms with Crippen LogP contribution in [0.5, 0.6) is 0 Å². The number of nitrogens with two attached hydrogens (primary N) is 1. The molecule has 0 fully saturated rings. The van der Waals surface area contributed by atoms with E-state index in [2.05, 4.69) is 5.10 Å². The number of hydrogen-bond acceptors (Lipinski definition) is 4. The Hall–Kier alpha value is -3.09. The summed E-state index contributed by atoms with van der Waals surface area (Å²) < 4.78 is 6.88. The number of benzene rings is 2. The van der Waals surface area contributed by atoms with Gasteiger partial charge >= 0.3 is 5.97 Å². The Morgan fingerprint density at radius 3 is 2.33 bits per heavy atom. The third-order valence-corrected chi connectivity index (χ3v) is 5.01. The lowest BCUT2D eigenvalue weighted by Gasteiger charge is -2.04. The van der Waals surface area contributed by atoms with Crippen molar-refractivity contribution in [1.29, 1.82) is 0 Å². The second kappa shape index (κ2) is 9.61. The SMILES string of the molecule is Cc1nn(Cc2ccc(Cl)cc2)c(Cl)c1/C=C/C(=O)OCc1ccc(C(N)=O)cc1. The number of nitrogens with zero attached hydrogens (tertiary/aromatic N) is 2. The van der Waals surface area contributed by atoms with Crippen LogP contribution in [0.3, 0.4) is 0 Å². The van der Waals surface area contributed by atoms with Gasteiger partial charge in [0.05, 0.1) is 12.2 Å². The predicted molar refractivity (Wildman–Crippen MR) is 116 cm³/mol. The highest BCUT2D eigenvalue weighted by Gasteiger charge is 2.12. The van der Waals surface area contributed by atoms with Crippen LogP contribution in [-0.2, 0) is 22.7 Å². The zero-order chi connectivity index (χ0) is 21.7. The molecule has 0 aliphatic heterocycles. The van der Waals surface area contributed by atoms with Crippen molar-refractivity contribution in [3.63, 3.8) is 0 Å². The van der Waals surface area contributed by atoms with Crippen LogP contribution in [0, 0.1) is 6.92 Å². The molecule has 30 heavy (non-hydrogen) atoms. The topological polar surface area (TPSA) is 87.2 Å². The van der Waals surface area contributed by atoms with Crippen LogP contribution in [0.4, 0.5) is 0 Å². The van der Waals surface area contributed by atoms with Gasteiger partial charge in [-0.25, -0.2) is 9.48 Å². The van der Waals surface area contributed by atoms with Gasteiger partial charge in [0.15, 0.2) is 0 Å². The zero-order valence-electron chi connectivity index (χ0n) is 16.1. The minimum atomic E-state index is -0.519. The van der Waals surface area contributed by atoms with Gasteiger partial charge in [-0.05, 0) is 48.4 Å². The lowest BCUT2D eigenvalue weighted by Crippen LogP contribution is -2.10. The standard InChI is InChI=1S/C22H19Cl2N3O3/c1-14-19(21(24)27(26-14)12-15-4-8-18(23)9-5-15)10-11-20(28)30-13-16-2-6-17(7-3-16)22(25)29/h2-11H,12-13H2,1H3,(H2,25,29)/b11-10+. The van der Waals surface area contributed by atoms with Crippen molar-refractivity contribution in [3.05, 3.63) is 92.7 Å². The second-order valence-corrected chi connectivity index (χ2v) is 7.37. The summed E-state index contributed by atoms with van der Waals surface area (Å²) in [5.41, 5.74) is 8.68. The molecular weight excluding hydrogens is 425 g/mol. The van der Waals surface area contributed by atoms with E-state index in [1.54, 1.807) is 47.2 Å². The lowest BCUT2D eigenvalue weighted by molar-refractivity contribution is -0.138. The van der Waals surface area contributed by atoms with E-state index in [4.69, 9.17) is 33.7 Å². The van der Waals surface area contributed by atoms with E-state index in [-0.39, 0.29) is 6.61 Å². The van der Waals surface area contributed by atoms with E-state index >= 15 is 0 Å². The van der Waals surface area contributed by atoms with Crippen molar-refractivity contribution in [3.8, 4) is 0 Å². The Balaban J connectivity index is 1.62. The molecule has 0 bridgehead atoms. The first-order valence-electron chi connectivity index (χ1n) is 9.04. The zero-order valence-corrected chi connectivity index (χ0v) is 17.7. The quantitative estimate of drug-likeness (QED) is 0.432. The fourth-order valence-corrected chi connectivity index (χ4v) is 3.17. The third kappa shape index (κ3) is 5.49. The van der Waals surface area contributed by atoms with E-state index in [0.29, 0.717) is 33.5 Å². The molecule has 0 atom stereocenters. The van der Waals surface area contributed by atoms with Crippen molar-refractivity contribution in [2.75, 3.05) is 0 Å². The van der Waals surface area contributed by atoms with Gasteiger partial charge in [0.1, 0.15) is 11.8 Å². The molecule has 0 aliphatic rings. The Morgan fingerprint density at radius 1 is 1.07 bits per heavy atom. The van der Waals surface area contributed by atoms with E-state index < -0.39 is 11.9 Å². The fraction of sp³-hybridized carbons (Fsp3) is 0.136. The number of ether oxygens (including phenoxy) is 1. The molecule has 154 valence electrons. The van der Waals surface area contributed by atoms with E-state index in [1.165, 1.54) is 6.08 Å². The lowest BCUT2D eigenvalue weighted by atomic mass is 10.1. The number of hydrogen-bond donors (Lipinski definition) is 1. The highest BCUT2D eigenvalue weighted by Crippen LogP contribution is 2.23. The summed E-state index contributed by atoms with van der Waals surface area (Å²) in [6.07, 6.45) is 2.89. The predicted octanol–water partition coefficient (Wildman–Crippen LogP) is 4.40. The first kappa shape index (κ1) is 21.6. The first-order valence-corrected chi connectivity index (χ1v) is 9.80. The normalized spacial score (nSPS) is 11.0. The van der Waals surface area contributed by atoms with Gasteiger partial charge in [-0.1, -0.05) is 47.5 Å². The Bertz CT molecular complexity index is 1090. The van der Waals surface area contributed by atoms with E-state index in [0.717, 1.165) is 11.1 Å². The molecule has 8 heteroatoms. The van der Waals surface area contributed by atoms with Crippen LogP contribution in [0.15, 0.2) is 54.6 Å². The largest absolute Gasteiger partial charge is 0.458 e. The van der Waals surface area contributed by atoms with Gasteiger partial charge in [-0.3, -0.25) is 4.79 Å². The van der Waals surface area contributed by atoms with Crippen LogP contribution >= 0.6 is 23.2 Å². The summed E-state index contributed by atoms with van der Waals surface area (Å²) in [6.45, 7) is 2.37. The molecule has 0 unspecified atom stereocenters. The average Bonchev–Trinajstić information content (AvgIpc) is 2.99. The minimum absolute atomic E-state index is 0.0742. The summed E-state index contributed by atoms with van der Waals surface area (Å²) in [5.74, 6) is -1.03. The second-order valence-electron chi connectivity index (χ2n) is 6.58. The van der Waals surface area contributed by atoms with E-state index in [9.17, 15) is 9.59 Å². The summed E-state index contributed by atoms with van der Waals surface area (Å²) >= 11 is 12.4. The number of amides is 1. The maximum Gasteiger partial charge on any atom is 0.331 e. The Labute approximate surface area is 183 Å². The molecule has 0 saturated carbocycles. The third-order valence-electron chi connectivity index (χ3n) is 4.36. The van der Waals surface area contributed by atoms with Crippen LogP contribution in [0.25, 0.3) is 6.08 Å². The summed E-state index contributed by atoms with van der Waals surface area (Å²) in [7, 11) is 0. The van der Waals surface area contributed by atoms with Crippen molar-refractivity contribution in [2.24, 2.45) is 5.73 Å². The summed E-state index contributed by atoms with van der Waals surface area (Å²) in [4.78, 5) is 23.1. The molecule has 3 rings (SSSR count).